The molecule has 1 aromatic heterocycles. The molecular weight excluding hydrogens is 212 g/mol. The minimum absolute atomic E-state index is 0.372. The molecule has 0 bridgehead atoms. The lowest BCUT2D eigenvalue weighted by Gasteiger charge is -2.29. The van der Waals surface area contributed by atoms with Crippen LogP contribution in [-0.2, 0) is 13.0 Å². The van der Waals surface area contributed by atoms with E-state index in [1.165, 1.54) is 11.3 Å². The highest BCUT2D eigenvalue weighted by molar-refractivity contribution is 5.48. The van der Waals surface area contributed by atoms with Gasteiger partial charge in [-0.25, -0.2) is 9.97 Å². The van der Waals surface area contributed by atoms with E-state index >= 15 is 0 Å². The molecule has 0 aliphatic carbocycles. The maximum atomic E-state index is 5.59. The third kappa shape index (κ3) is 1.93. The molecule has 2 N–H and O–H groups in total. The zero-order valence-electron chi connectivity index (χ0n) is 9.50. The summed E-state index contributed by atoms with van der Waals surface area (Å²) in [5, 5.41) is 0. The second-order valence-electron chi connectivity index (χ2n) is 4.21. The number of anilines is 2. The van der Waals surface area contributed by atoms with Gasteiger partial charge < -0.3 is 10.6 Å². The monoisotopic (exact) mass is 226 g/mol. The van der Waals surface area contributed by atoms with Crippen molar-refractivity contribution in [3.8, 4) is 0 Å². The Balaban J connectivity index is 1.88. The van der Waals surface area contributed by atoms with Crippen LogP contribution in [0.5, 0.6) is 0 Å². The lowest BCUT2D eigenvalue weighted by Crippen LogP contribution is -2.31. The molecule has 0 fully saturated rings. The number of hydrogen-bond donors (Lipinski definition) is 1. The van der Waals surface area contributed by atoms with Crippen LogP contribution in [0.3, 0.4) is 0 Å². The normalized spacial score (nSPS) is 14.5. The van der Waals surface area contributed by atoms with Crippen LogP contribution < -0.4 is 10.6 Å². The molecule has 2 heterocycles. The number of fused-ring (bicyclic) bond motifs is 1. The fourth-order valence-electron chi connectivity index (χ4n) is 2.19. The van der Waals surface area contributed by atoms with Gasteiger partial charge in [-0.3, -0.25) is 0 Å². The zero-order valence-corrected chi connectivity index (χ0v) is 9.50. The predicted molar refractivity (Wildman–Crippen MR) is 67.6 cm³/mol. The van der Waals surface area contributed by atoms with E-state index in [1.54, 1.807) is 0 Å². The number of nitrogens with two attached hydrogens (primary N) is 1. The minimum atomic E-state index is 0.372. The van der Waals surface area contributed by atoms with Crippen molar-refractivity contribution in [2.24, 2.45) is 0 Å². The van der Waals surface area contributed by atoms with Gasteiger partial charge in [-0.15, -0.1) is 0 Å². The molecule has 4 heteroatoms. The second kappa shape index (κ2) is 4.05. The third-order valence-electron chi connectivity index (χ3n) is 3.07. The van der Waals surface area contributed by atoms with Crippen LogP contribution in [0.1, 0.15) is 11.3 Å². The number of rotatable bonds is 1. The molecule has 4 nitrogen and oxygen atoms in total. The van der Waals surface area contributed by atoms with E-state index in [0.29, 0.717) is 5.95 Å². The molecule has 0 spiro atoms. The Morgan fingerprint density at radius 2 is 2.00 bits per heavy atom. The van der Waals surface area contributed by atoms with Gasteiger partial charge in [0.15, 0.2) is 0 Å². The number of aromatic nitrogens is 2. The lowest BCUT2D eigenvalue weighted by molar-refractivity contribution is 0.707. The molecule has 2 aromatic rings. The summed E-state index contributed by atoms with van der Waals surface area (Å²) in [7, 11) is 0. The van der Waals surface area contributed by atoms with E-state index in [-0.39, 0.29) is 0 Å². The Morgan fingerprint density at radius 1 is 1.18 bits per heavy atom. The van der Waals surface area contributed by atoms with Crippen LogP contribution in [0.25, 0.3) is 0 Å². The first-order chi connectivity index (χ1) is 8.33. The Labute approximate surface area is 100 Å². The highest BCUT2D eigenvalue weighted by atomic mass is 15.1. The van der Waals surface area contributed by atoms with Gasteiger partial charge in [0.05, 0.1) is 5.69 Å². The van der Waals surface area contributed by atoms with Crippen molar-refractivity contribution < 1.29 is 0 Å². The summed E-state index contributed by atoms with van der Waals surface area (Å²) in [4.78, 5) is 10.7. The molecular formula is C13H14N4. The molecule has 0 saturated heterocycles. The molecule has 86 valence electrons. The molecule has 17 heavy (non-hydrogen) atoms. The van der Waals surface area contributed by atoms with Gasteiger partial charge in [-0.05, 0) is 12.1 Å². The highest BCUT2D eigenvalue weighted by Gasteiger charge is 2.17. The number of nitrogen functional groups attached to an aromatic ring is 1. The van der Waals surface area contributed by atoms with Crippen LogP contribution in [0.2, 0.25) is 0 Å². The van der Waals surface area contributed by atoms with E-state index in [2.05, 4.69) is 39.1 Å². The van der Waals surface area contributed by atoms with Gasteiger partial charge in [-0.1, -0.05) is 18.2 Å². The Hall–Kier alpha value is -2.10. The van der Waals surface area contributed by atoms with Crippen molar-refractivity contribution >= 4 is 11.6 Å². The van der Waals surface area contributed by atoms with Gasteiger partial charge in [-0.2, -0.15) is 0 Å². The molecule has 1 aromatic carbocycles. The largest absolute Gasteiger partial charge is 0.368 e. The average molecular weight is 226 g/mol. The molecule has 0 unspecified atom stereocenters. The van der Waals surface area contributed by atoms with Crippen LogP contribution in [0, 0.1) is 0 Å². The first-order valence-electron chi connectivity index (χ1n) is 5.73. The van der Waals surface area contributed by atoms with Crippen molar-refractivity contribution in [1.82, 2.24) is 9.97 Å². The van der Waals surface area contributed by atoms with Crippen molar-refractivity contribution in [3.05, 3.63) is 47.8 Å². The van der Waals surface area contributed by atoms with Crippen LogP contribution in [0.4, 0.5) is 11.6 Å². The molecule has 0 atom stereocenters. The fourth-order valence-corrected chi connectivity index (χ4v) is 2.19. The Bertz CT molecular complexity index is 524. The summed E-state index contributed by atoms with van der Waals surface area (Å²) < 4.78 is 0. The standard InChI is InChI=1S/C13H14N4/c14-13-15-8-10-9-17(7-6-12(10)16-13)11-4-2-1-3-5-11/h1-5,8H,6-7,9H2,(H2,14,15,16). The Morgan fingerprint density at radius 3 is 2.82 bits per heavy atom. The lowest BCUT2D eigenvalue weighted by atomic mass is 10.1. The van der Waals surface area contributed by atoms with E-state index in [1.807, 2.05) is 12.3 Å². The summed E-state index contributed by atoms with van der Waals surface area (Å²) in [6.07, 6.45) is 2.77. The number of benzene rings is 1. The van der Waals surface area contributed by atoms with Crippen molar-refractivity contribution in [2.45, 2.75) is 13.0 Å². The van der Waals surface area contributed by atoms with E-state index < -0.39 is 0 Å². The summed E-state index contributed by atoms with van der Waals surface area (Å²) in [5.41, 5.74) is 9.10. The van der Waals surface area contributed by atoms with Crippen molar-refractivity contribution in [3.63, 3.8) is 0 Å². The molecule has 0 radical (unpaired) electrons. The number of hydrogen-bond acceptors (Lipinski definition) is 4. The van der Waals surface area contributed by atoms with Crippen LogP contribution in [-0.4, -0.2) is 16.5 Å². The summed E-state index contributed by atoms with van der Waals surface area (Å²) >= 11 is 0. The fraction of sp³-hybridized carbons (Fsp3) is 0.231. The second-order valence-corrected chi connectivity index (χ2v) is 4.21. The first kappa shape index (κ1) is 10.1. The molecule has 0 amide bonds. The highest BCUT2D eigenvalue weighted by Crippen LogP contribution is 2.22. The van der Waals surface area contributed by atoms with Gasteiger partial charge >= 0.3 is 0 Å². The van der Waals surface area contributed by atoms with Gasteiger partial charge in [0, 0.05) is 37.0 Å². The van der Waals surface area contributed by atoms with Gasteiger partial charge in [0.25, 0.3) is 0 Å². The topological polar surface area (TPSA) is 55.0 Å². The molecule has 0 saturated carbocycles. The number of nitrogens with zero attached hydrogens (tertiary/aromatic N) is 3. The summed E-state index contributed by atoms with van der Waals surface area (Å²) in [5.74, 6) is 0.372. The van der Waals surface area contributed by atoms with E-state index in [4.69, 9.17) is 5.73 Å². The molecule has 3 rings (SSSR count). The summed E-state index contributed by atoms with van der Waals surface area (Å²) in [6.45, 7) is 1.84. The third-order valence-corrected chi connectivity index (χ3v) is 3.07. The Kier molecular flexibility index (Phi) is 2.40. The predicted octanol–water partition coefficient (Wildman–Crippen LogP) is 1.62. The van der Waals surface area contributed by atoms with E-state index in [9.17, 15) is 0 Å². The SMILES string of the molecule is Nc1ncc2c(n1)CCN(c1ccccc1)C2. The van der Waals surface area contributed by atoms with Crippen LogP contribution in [0.15, 0.2) is 36.5 Å². The maximum Gasteiger partial charge on any atom is 0.220 e. The van der Waals surface area contributed by atoms with Gasteiger partial charge in [0.2, 0.25) is 5.95 Å². The minimum Gasteiger partial charge on any atom is -0.368 e. The van der Waals surface area contributed by atoms with Crippen LogP contribution >= 0.6 is 0 Å². The zero-order chi connectivity index (χ0) is 11.7. The molecule has 1 aliphatic rings. The smallest absolute Gasteiger partial charge is 0.220 e. The van der Waals surface area contributed by atoms with Crippen molar-refractivity contribution in [1.29, 1.82) is 0 Å². The average Bonchev–Trinajstić information content (AvgIpc) is 2.39. The first-order valence-corrected chi connectivity index (χ1v) is 5.73. The maximum absolute atomic E-state index is 5.59. The quantitative estimate of drug-likeness (QED) is 0.802. The van der Waals surface area contributed by atoms with Gasteiger partial charge in [0.1, 0.15) is 0 Å². The number of para-hydroxylation sites is 1. The van der Waals surface area contributed by atoms with Crippen molar-refractivity contribution in [2.75, 3.05) is 17.2 Å². The summed E-state index contributed by atoms with van der Waals surface area (Å²) in [6, 6.07) is 10.4. The van der Waals surface area contributed by atoms with E-state index in [0.717, 1.165) is 25.2 Å². The molecule has 1 aliphatic heterocycles.